The van der Waals surface area contributed by atoms with Crippen LogP contribution in [0.15, 0.2) is 6.33 Å². The third-order valence-corrected chi connectivity index (χ3v) is 3.24. The van der Waals surface area contributed by atoms with E-state index in [9.17, 15) is 0 Å². The molecule has 0 aliphatic carbocycles. The second kappa shape index (κ2) is 6.70. The Balaban J connectivity index is 2.75. The van der Waals surface area contributed by atoms with E-state index in [1.54, 1.807) is 0 Å². The molecule has 0 amide bonds. The summed E-state index contributed by atoms with van der Waals surface area (Å²) in [6.07, 6.45) is 3.27. The van der Waals surface area contributed by atoms with E-state index >= 15 is 0 Å². The molecule has 0 spiro atoms. The minimum Gasteiger partial charge on any atom is -0.396 e. The maximum Gasteiger partial charge on any atom is 0.134 e. The lowest BCUT2D eigenvalue weighted by molar-refractivity contribution is 0.248. The first-order valence-electron chi connectivity index (χ1n) is 6.82. The average molecular weight is 266 g/mol. The Morgan fingerprint density at radius 2 is 2.05 bits per heavy atom. The molecule has 0 bridgehead atoms. The second-order valence-electron chi connectivity index (χ2n) is 6.02. The molecule has 1 aromatic rings. The standard InChI is InChI=1S/C14H26N4O/c1-10(2)11-12(15)17-9-18-13(11)16-8-14(3,4)6-5-7-19/h9-10,19H,5-8H2,1-4H3,(H3,15,16,17,18). The topological polar surface area (TPSA) is 84.1 Å². The number of nitrogen functional groups attached to an aromatic ring is 1. The zero-order chi connectivity index (χ0) is 14.5. The fraction of sp³-hybridized carbons (Fsp3) is 0.714. The zero-order valence-corrected chi connectivity index (χ0v) is 12.4. The van der Waals surface area contributed by atoms with Gasteiger partial charge >= 0.3 is 0 Å². The first-order chi connectivity index (χ1) is 8.87. The maximum absolute atomic E-state index is 8.91. The molecule has 1 aromatic heterocycles. The molecular formula is C14H26N4O. The molecule has 0 aliphatic rings. The first-order valence-corrected chi connectivity index (χ1v) is 6.82. The zero-order valence-electron chi connectivity index (χ0n) is 12.4. The third kappa shape index (κ3) is 4.67. The van der Waals surface area contributed by atoms with Crippen molar-refractivity contribution in [3.8, 4) is 0 Å². The predicted molar refractivity (Wildman–Crippen MR) is 79.1 cm³/mol. The van der Waals surface area contributed by atoms with Crippen molar-refractivity contribution in [3.05, 3.63) is 11.9 Å². The van der Waals surface area contributed by atoms with E-state index in [-0.39, 0.29) is 17.9 Å². The highest BCUT2D eigenvalue weighted by atomic mass is 16.2. The lowest BCUT2D eigenvalue weighted by atomic mass is 9.88. The van der Waals surface area contributed by atoms with Crippen LogP contribution in [0.4, 0.5) is 11.6 Å². The summed E-state index contributed by atoms with van der Waals surface area (Å²) in [5.41, 5.74) is 7.00. The highest BCUT2D eigenvalue weighted by Crippen LogP contribution is 2.28. The van der Waals surface area contributed by atoms with Gasteiger partial charge in [0.05, 0.1) is 0 Å². The minimum atomic E-state index is 0.108. The molecule has 0 fully saturated rings. The van der Waals surface area contributed by atoms with Crippen molar-refractivity contribution in [2.24, 2.45) is 5.41 Å². The van der Waals surface area contributed by atoms with Crippen LogP contribution in [0.25, 0.3) is 0 Å². The summed E-state index contributed by atoms with van der Waals surface area (Å²) in [6.45, 7) is 9.54. The summed E-state index contributed by atoms with van der Waals surface area (Å²) in [4.78, 5) is 8.34. The first kappa shape index (κ1) is 15.7. The van der Waals surface area contributed by atoms with Crippen LogP contribution in [-0.4, -0.2) is 28.2 Å². The van der Waals surface area contributed by atoms with E-state index in [1.165, 1.54) is 6.33 Å². The summed E-state index contributed by atoms with van der Waals surface area (Å²) in [5, 5.41) is 12.3. The number of nitrogens with one attached hydrogen (secondary N) is 1. The second-order valence-corrected chi connectivity index (χ2v) is 6.02. The maximum atomic E-state index is 8.91. The molecule has 108 valence electrons. The number of hydrogen-bond acceptors (Lipinski definition) is 5. The van der Waals surface area contributed by atoms with Crippen molar-refractivity contribution >= 4 is 11.6 Å². The van der Waals surface area contributed by atoms with Gasteiger partial charge in [-0.1, -0.05) is 27.7 Å². The van der Waals surface area contributed by atoms with Crippen molar-refractivity contribution < 1.29 is 5.11 Å². The smallest absolute Gasteiger partial charge is 0.134 e. The Labute approximate surface area is 115 Å². The highest BCUT2D eigenvalue weighted by molar-refractivity contribution is 5.56. The summed E-state index contributed by atoms with van der Waals surface area (Å²) in [7, 11) is 0. The molecule has 0 saturated carbocycles. The molecule has 5 nitrogen and oxygen atoms in total. The minimum absolute atomic E-state index is 0.108. The quantitative estimate of drug-likeness (QED) is 0.705. The van der Waals surface area contributed by atoms with Crippen LogP contribution in [0, 0.1) is 5.41 Å². The monoisotopic (exact) mass is 266 g/mol. The van der Waals surface area contributed by atoms with Crippen LogP contribution < -0.4 is 11.1 Å². The van der Waals surface area contributed by atoms with E-state index in [1.807, 2.05) is 0 Å². The van der Waals surface area contributed by atoms with E-state index < -0.39 is 0 Å². The van der Waals surface area contributed by atoms with Crippen LogP contribution in [0.2, 0.25) is 0 Å². The fourth-order valence-corrected chi connectivity index (χ4v) is 2.09. The number of nitrogens with zero attached hydrogens (tertiary/aromatic N) is 2. The van der Waals surface area contributed by atoms with Gasteiger partial charge in [-0.3, -0.25) is 0 Å². The summed E-state index contributed by atoms with van der Waals surface area (Å²) in [6, 6.07) is 0. The normalized spacial score (nSPS) is 11.9. The fourth-order valence-electron chi connectivity index (χ4n) is 2.09. The van der Waals surface area contributed by atoms with Gasteiger partial charge in [0.2, 0.25) is 0 Å². The van der Waals surface area contributed by atoms with Gasteiger partial charge in [-0.2, -0.15) is 0 Å². The Kier molecular flexibility index (Phi) is 5.54. The number of rotatable bonds is 7. The van der Waals surface area contributed by atoms with Crippen LogP contribution >= 0.6 is 0 Å². The Bertz CT molecular complexity index is 404. The van der Waals surface area contributed by atoms with E-state index in [4.69, 9.17) is 10.8 Å². The molecule has 5 heteroatoms. The molecule has 0 radical (unpaired) electrons. The Morgan fingerprint density at radius 3 is 2.63 bits per heavy atom. The number of aliphatic hydroxyl groups is 1. The van der Waals surface area contributed by atoms with E-state index in [0.29, 0.717) is 5.82 Å². The van der Waals surface area contributed by atoms with E-state index in [0.717, 1.165) is 30.8 Å². The van der Waals surface area contributed by atoms with Crippen molar-refractivity contribution in [2.75, 3.05) is 24.2 Å². The van der Waals surface area contributed by atoms with Crippen LogP contribution in [0.3, 0.4) is 0 Å². The molecule has 4 N–H and O–H groups in total. The van der Waals surface area contributed by atoms with Crippen molar-refractivity contribution in [2.45, 2.75) is 46.5 Å². The summed E-state index contributed by atoms with van der Waals surface area (Å²) in [5.74, 6) is 1.64. The molecule has 0 saturated heterocycles. The molecule has 1 rings (SSSR count). The van der Waals surface area contributed by atoms with Gasteiger partial charge in [-0.15, -0.1) is 0 Å². The van der Waals surface area contributed by atoms with Crippen molar-refractivity contribution in [1.82, 2.24) is 9.97 Å². The summed E-state index contributed by atoms with van der Waals surface area (Å²) < 4.78 is 0. The average Bonchev–Trinajstić information content (AvgIpc) is 2.33. The van der Waals surface area contributed by atoms with Gasteiger partial charge in [-0.25, -0.2) is 9.97 Å². The number of aromatic nitrogens is 2. The molecule has 0 unspecified atom stereocenters. The molecule has 0 aliphatic heterocycles. The predicted octanol–water partition coefficient (Wildman–Crippen LogP) is 2.39. The lowest BCUT2D eigenvalue weighted by Gasteiger charge is -2.26. The van der Waals surface area contributed by atoms with Crippen LogP contribution in [0.1, 0.15) is 52.0 Å². The molecule has 19 heavy (non-hydrogen) atoms. The number of anilines is 2. The Morgan fingerprint density at radius 1 is 1.37 bits per heavy atom. The summed E-state index contributed by atoms with van der Waals surface area (Å²) >= 11 is 0. The van der Waals surface area contributed by atoms with Gasteiger partial charge in [-0.05, 0) is 24.2 Å². The number of hydrogen-bond donors (Lipinski definition) is 3. The third-order valence-electron chi connectivity index (χ3n) is 3.24. The van der Waals surface area contributed by atoms with E-state index in [2.05, 4.69) is 43.0 Å². The largest absolute Gasteiger partial charge is 0.396 e. The number of aliphatic hydroxyl groups excluding tert-OH is 1. The van der Waals surface area contributed by atoms with Gasteiger partial charge in [0.1, 0.15) is 18.0 Å². The Hall–Kier alpha value is -1.36. The van der Waals surface area contributed by atoms with Gasteiger partial charge < -0.3 is 16.2 Å². The molecular weight excluding hydrogens is 240 g/mol. The number of nitrogens with two attached hydrogens (primary N) is 1. The lowest BCUT2D eigenvalue weighted by Crippen LogP contribution is -2.24. The van der Waals surface area contributed by atoms with Gasteiger partial charge in [0.25, 0.3) is 0 Å². The SMILES string of the molecule is CC(C)c1c(N)ncnc1NCC(C)(C)CCCO. The highest BCUT2D eigenvalue weighted by Gasteiger charge is 2.19. The van der Waals surface area contributed by atoms with Crippen LogP contribution in [-0.2, 0) is 0 Å². The van der Waals surface area contributed by atoms with Crippen molar-refractivity contribution in [3.63, 3.8) is 0 Å². The molecule has 0 aromatic carbocycles. The van der Waals surface area contributed by atoms with Gasteiger partial charge in [0.15, 0.2) is 0 Å². The van der Waals surface area contributed by atoms with Gasteiger partial charge in [0, 0.05) is 18.7 Å². The molecule has 1 heterocycles. The van der Waals surface area contributed by atoms with Crippen LogP contribution in [0.5, 0.6) is 0 Å². The molecule has 0 atom stereocenters. The van der Waals surface area contributed by atoms with Crippen molar-refractivity contribution in [1.29, 1.82) is 0 Å².